The molecule has 1 aromatic carbocycles. The van der Waals surface area contributed by atoms with Crippen LogP contribution in [-0.4, -0.2) is 23.1 Å². The number of benzene rings is 1. The lowest BCUT2D eigenvalue weighted by Gasteiger charge is -2.10. The van der Waals surface area contributed by atoms with E-state index in [1.54, 1.807) is 23.9 Å². The largest absolute Gasteiger partial charge is 0.508 e. The fraction of sp³-hybridized carbons (Fsp3) is 0.500. The summed E-state index contributed by atoms with van der Waals surface area (Å²) in [6.45, 7) is 2.12. The lowest BCUT2D eigenvalue weighted by molar-refractivity contribution is 0.0700. The summed E-state index contributed by atoms with van der Waals surface area (Å²) in [5.74, 6) is 1.31. The van der Waals surface area contributed by atoms with Gasteiger partial charge in [0.05, 0.1) is 12.2 Å². The molecule has 1 aromatic rings. The summed E-state index contributed by atoms with van der Waals surface area (Å²) in [6.07, 6.45) is 3.13. The molecule has 1 fully saturated rings. The second-order valence-electron chi connectivity index (χ2n) is 3.95. The van der Waals surface area contributed by atoms with Gasteiger partial charge in [-0.1, -0.05) is 6.07 Å². The maximum Gasteiger partial charge on any atom is 0.116 e. The molecule has 0 aromatic heterocycles. The molecule has 0 radical (unpaired) electrons. The molecule has 0 spiro atoms. The van der Waals surface area contributed by atoms with Crippen molar-refractivity contribution >= 4 is 11.8 Å². The molecular formula is C12H16O2S. The van der Waals surface area contributed by atoms with Gasteiger partial charge in [0, 0.05) is 10.6 Å². The first kappa shape index (κ1) is 10.8. The van der Waals surface area contributed by atoms with Crippen LogP contribution in [0, 0.1) is 0 Å². The average molecular weight is 224 g/mol. The van der Waals surface area contributed by atoms with Crippen molar-refractivity contribution in [1.82, 2.24) is 0 Å². The van der Waals surface area contributed by atoms with Gasteiger partial charge in [0.15, 0.2) is 0 Å². The third kappa shape index (κ3) is 3.14. The molecule has 2 unspecified atom stereocenters. The monoisotopic (exact) mass is 224 g/mol. The predicted molar refractivity (Wildman–Crippen MR) is 62.4 cm³/mol. The van der Waals surface area contributed by atoms with Crippen LogP contribution in [0.5, 0.6) is 5.75 Å². The Labute approximate surface area is 94.6 Å². The molecule has 0 bridgehead atoms. The Morgan fingerprint density at radius 1 is 1.47 bits per heavy atom. The molecule has 2 nitrogen and oxygen atoms in total. The molecule has 1 N–H and O–H groups in total. The van der Waals surface area contributed by atoms with Crippen molar-refractivity contribution in [3.63, 3.8) is 0 Å². The van der Waals surface area contributed by atoms with Crippen LogP contribution in [0.4, 0.5) is 0 Å². The Kier molecular flexibility index (Phi) is 3.54. The summed E-state index contributed by atoms with van der Waals surface area (Å²) < 4.78 is 5.73. The zero-order valence-corrected chi connectivity index (χ0v) is 9.67. The van der Waals surface area contributed by atoms with Crippen molar-refractivity contribution in [1.29, 1.82) is 0 Å². The highest BCUT2D eigenvalue weighted by molar-refractivity contribution is 7.99. The van der Waals surface area contributed by atoms with Gasteiger partial charge in [0.2, 0.25) is 0 Å². The summed E-state index contributed by atoms with van der Waals surface area (Å²) in [5.41, 5.74) is 0. The quantitative estimate of drug-likeness (QED) is 0.800. The molecule has 1 aliphatic rings. The van der Waals surface area contributed by atoms with Crippen molar-refractivity contribution in [2.45, 2.75) is 36.9 Å². The van der Waals surface area contributed by atoms with Gasteiger partial charge < -0.3 is 9.84 Å². The highest BCUT2D eigenvalue weighted by Crippen LogP contribution is 2.27. The van der Waals surface area contributed by atoms with Gasteiger partial charge in [-0.3, -0.25) is 0 Å². The first-order chi connectivity index (χ1) is 7.24. The molecule has 15 heavy (non-hydrogen) atoms. The SMILES string of the molecule is CC1CCC(CSc2cccc(O)c2)O1. The molecule has 1 saturated heterocycles. The maximum atomic E-state index is 9.30. The second-order valence-corrected chi connectivity index (χ2v) is 5.05. The smallest absolute Gasteiger partial charge is 0.116 e. The molecule has 3 heteroatoms. The molecule has 1 heterocycles. The van der Waals surface area contributed by atoms with Crippen LogP contribution in [0.2, 0.25) is 0 Å². The Morgan fingerprint density at radius 2 is 2.33 bits per heavy atom. The number of rotatable bonds is 3. The van der Waals surface area contributed by atoms with Crippen LogP contribution < -0.4 is 0 Å². The van der Waals surface area contributed by atoms with E-state index in [0.29, 0.717) is 18.0 Å². The topological polar surface area (TPSA) is 29.5 Å². The van der Waals surface area contributed by atoms with Crippen molar-refractivity contribution in [3.8, 4) is 5.75 Å². The zero-order valence-electron chi connectivity index (χ0n) is 8.85. The Hall–Kier alpha value is -0.670. The third-order valence-corrected chi connectivity index (χ3v) is 3.70. The van der Waals surface area contributed by atoms with Gasteiger partial charge in [-0.05, 0) is 38.0 Å². The van der Waals surface area contributed by atoms with E-state index in [-0.39, 0.29) is 0 Å². The lowest BCUT2D eigenvalue weighted by atomic mass is 10.2. The van der Waals surface area contributed by atoms with Crippen LogP contribution in [0.15, 0.2) is 29.2 Å². The van der Waals surface area contributed by atoms with E-state index >= 15 is 0 Å². The molecule has 82 valence electrons. The van der Waals surface area contributed by atoms with Gasteiger partial charge in [0.1, 0.15) is 5.75 Å². The first-order valence-electron chi connectivity index (χ1n) is 5.31. The molecule has 2 rings (SSSR count). The highest BCUT2D eigenvalue weighted by atomic mass is 32.2. The number of hydrogen-bond acceptors (Lipinski definition) is 3. The standard InChI is InChI=1S/C12H16O2S/c1-9-5-6-11(14-9)8-15-12-4-2-3-10(13)7-12/h2-4,7,9,11,13H,5-6,8H2,1H3. The molecule has 1 aliphatic heterocycles. The van der Waals surface area contributed by atoms with E-state index in [1.807, 2.05) is 12.1 Å². The summed E-state index contributed by atoms with van der Waals surface area (Å²) in [6, 6.07) is 7.37. The summed E-state index contributed by atoms with van der Waals surface area (Å²) in [7, 11) is 0. The Balaban J connectivity index is 1.83. The van der Waals surface area contributed by atoms with Crippen molar-refractivity contribution in [2.75, 3.05) is 5.75 Å². The van der Waals surface area contributed by atoms with Crippen molar-refractivity contribution in [2.24, 2.45) is 0 Å². The number of phenols is 1. The van der Waals surface area contributed by atoms with E-state index in [0.717, 1.165) is 17.1 Å². The fourth-order valence-electron chi connectivity index (χ4n) is 1.77. The number of aromatic hydroxyl groups is 1. The predicted octanol–water partition coefficient (Wildman–Crippen LogP) is 3.05. The van der Waals surface area contributed by atoms with E-state index in [1.165, 1.54) is 6.42 Å². The molecule has 2 atom stereocenters. The van der Waals surface area contributed by atoms with E-state index < -0.39 is 0 Å². The minimum atomic E-state index is 0.334. The molecule has 0 saturated carbocycles. The van der Waals surface area contributed by atoms with Crippen LogP contribution in [0.3, 0.4) is 0 Å². The fourth-order valence-corrected chi connectivity index (χ4v) is 2.77. The van der Waals surface area contributed by atoms with Crippen LogP contribution in [0.1, 0.15) is 19.8 Å². The second kappa shape index (κ2) is 4.90. The normalized spacial score (nSPS) is 25.7. The van der Waals surface area contributed by atoms with Gasteiger partial charge in [-0.25, -0.2) is 0 Å². The van der Waals surface area contributed by atoms with Gasteiger partial charge in [-0.15, -0.1) is 11.8 Å². The van der Waals surface area contributed by atoms with Crippen LogP contribution in [-0.2, 0) is 4.74 Å². The minimum Gasteiger partial charge on any atom is -0.508 e. The average Bonchev–Trinajstić information content (AvgIpc) is 2.62. The summed E-state index contributed by atoms with van der Waals surface area (Å²) in [5, 5.41) is 9.30. The highest BCUT2D eigenvalue weighted by Gasteiger charge is 2.21. The summed E-state index contributed by atoms with van der Waals surface area (Å²) in [4.78, 5) is 1.11. The van der Waals surface area contributed by atoms with Crippen molar-refractivity contribution in [3.05, 3.63) is 24.3 Å². The minimum absolute atomic E-state index is 0.334. The first-order valence-corrected chi connectivity index (χ1v) is 6.30. The molecule has 0 aliphatic carbocycles. The van der Waals surface area contributed by atoms with Gasteiger partial charge in [-0.2, -0.15) is 0 Å². The van der Waals surface area contributed by atoms with Gasteiger partial charge >= 0.3 is 0 Å². The lowest BCUT2D eigenvalue weighted by Crippen LogP contribution is -2.10. The van der Waals surface area contributed by atoms with E-state index in [4.69, 9.17) is 4.74 Å². The van der Waals surface area contributed by atoms with Crippen LogP contribution >= 0.6 is 11.8 Å². The Bertz CT molecular complexity index is 327. The van der Waals surface area contributed by atoms with Gasteiger partial charge in [0.25, 0.3) is 0 Å². The number of hydrogen-bond donors (Lipinski definition) is 1. The molecular weight excluding hydrogens is 208 g/mol. The maximum absolute atomic E-state index is 9.30. The zero-order chi connectivity index (χ0) is 10.7. The Morgan fingerprint density at radius 3 is 3.00 bits per heavy atom. The van der Waals surface area contributed by atoms with E-state index in [2.05, 4.69) is 6.92 Å². The third-order valence-electron chi connectivity index (χ3n) is 2.57. The van der Waals surface area contributed by atoms with E-state index in [9.17, 15) is 5.11 Å². The number of phenolic OH excluding ortho intramolecular Hbond substituents is 1. The molecule has 0 amide bonds. The van der Waals surface area contributed by atoms with Crippen molar-refractivity contribution < 1.29 is 9.84 Å². The van der Waals surface area contributed by atoms with Crippen LogP contribution in [0.25, 0.3) is 0 Å². The number of thioether (sulfide) groups is 1. The number of ether oxygens (including phenoxy) is 1. The summed E-state index contributed by atoms with van der Waals surface area (Å²) >= 11 is 1.75.